The number of fused-ring (bicyclic) bond motifs is 3. The highest BCUT2D eigenvalue weighted by Crippen LogP contribution is 2.32. The van der Waals surface area contributed by atoms with Gasteiger partial charge in [0.1, 0.15) is 17.1 Å². The molecule has 0 saturated heterocycles. The van der Waals surface area contributed by atoms with Crippen molar-refractivity contribution in [3.8, 4) is 5.75 Å². The third kappa shape index (κ3) is 4.14. The number of nitrogens with one attached hydrogen (secondary N) is 1. The maximum Gasteiger partial charge on any atom is 0.418 e. The van der Waals surface area contributed by atoms with E-state index in [1.165, 1.54) is 48.0 Å². The number of methoxy groups -OCH3 is 1. The minimum absolute atomic E-state index is 0.0509. The van der Waals surface area contributed by atoms with Gasteiger partial charge in [0.05, 0.1) is 19.0 Å². The Hall–Kier alpha value is -3.51. The van der Waals surface area contributed by atoms with Crippen LogP contribution in [-0.4, -0.2) is 38.0 Å². The Labute approximate surface area is 178 Å². The molecule has 0 aliphatic heterocycles. The van der Waals surface area contributed by atoms with Gasteiger partial charge < -0.3 is 20.9 Å². The molecule has 8 nitrogen and oxygen atoms in total. The first-order chi connectivity index (χ1) is 15.2. The van der Waals surface area contributed by atoms with Crippen molar-refractivity contribution in [3.05, 3.63) is 59.2 Å². The zero-order valence-corrected chi connectivity index (χ0v) is 16.7. The Morgan fingerprint density at radius 2 is 1.88 bits per heavy atom. The van der Waals surface area contributed by atoms with Crippen LogP contribution in [0, 0.1) is 5.82 Å². The summed E-state index contributed by atoms with van der Waals surface area (Å²) >= 11 is 0. The van der Waals surface area contributed by atoms with E-state index in [2.05, 4.69) is 20.4 Å². The van der Waals surface area contributed by atoms with E-state index in [-0.39, 0.29) is 23.8 Å². The zero-order chi connectivity index (χ0) is 23.0. The lowest BCUT2D eigenvalue weighted by atomic mass is 10.1. The van der Waals surface area contributed by atoms with Crippen molar-refractivity contribution >= 4 is 22.5 Å². The first-order valence-electron chi connectivity index (χ1n) is 9.40. The van der Waals surface area contributed by atoms with Crippen LogP contribution >= 0.6 is 0 Å². The maximum atomic E-state index is 14.0. The van der Waals surface area contributed by atoms with E-state index in [0.717, 1.165) is 0 Å². The fourth-order valence-corrected chi connectivity index (χ4v) is 3.27. The van der Waals surface area contributed by atoms with Crippen molar-refractivity contribution in [3.63, 3.8) is 0 Å². The van der Waals surface area contributed by atoms with Crippen molar-refractivity contribution in [1.29, 1.82) is 0 Å². The summed E-state index contributed by atoms with van der Waals surface area (Å²) in [6.45, 7) is 0.525. The number of hydrogen-bond acceptors (Lipinski definition) is 7. The summed E-state index contributed by atoms with van der Waals surface area (Å²) in [5.74, 6) is 0.105. The van der Waals surface area contributed by atoms with Crippen LogP contribution in [0.4, 0.5) is 23.5 Å². The van der Waals surface area contributed by atoms with Gasteiger partial charge in [-0.15, -0.1) is 5.10 Å². The van der Waals surface area contributed by atoms with Crippen molar-refractivity contribution in [2.45, 2.75) is 25.4 Å². The molecule has 0 aliphatic carbocycles. The Morgan fingerprint density at radius 3 is 2.53 bits per heavy atom. The molecule has 2 aromatic heterocycles. The van der Waals surface area contributed by atoms with Gasteiger partial charge in [-0.05, 0) is 17.2 Å². The molecule has 4 aromatic rings. The summed E-state index contributed by atoms with van der Waals surface area (Å²) in [6, 6.07) is 7.88. The Morgan fingerprint density at radius 1 is 1.16 bits per heavy atom. The first kappa shape index (κ1) is 21.7. The van der Waals surface area contributed by atoms with Crippen LogP contribution in [0.1, 0.15) is 23.1 Å². The van der Waals surface area contributed by atoms with Crippen molar-refractivity contribution in [2.24, 2.45) is 0 Å². The predicted molar refractivity (Wildman–Crippen MR) is 107 cm³/mol. The van der Waals surface area contributed by atoms with Crippen LogP contribution in [0.2, 0.25) is 0 Å². The van der Waals surface area contributed by atoms with Crippen LogP contribution in [0.25, 0.3) is 16.6 Å². The topological polar surface area (TPSA) is 111 Å². The summed E-state index contributed by atoms with van der Waals surface area (Å²) in [5.41, 5.74) is 7.10. The maximum absolute atomic E-state index is 14.0. The largest absolute Gasteiger partial charge is 0.494 e. The minimum atomic E-state index is -4.72. The van der Waals surface area contributed by atoms with E-state index >= 15 is 0 Å². The molecule has 0 spiro atoms. The van der Waals surface area contributed by atoms with Gasteiger partial charge in [0.15, 0.2) is 17.6 Å². The highest BCUT2D eigenvalue weighted by Gasteiger charge is 2.39. The number of alkyl halides is 3. The van der Waals surface area contributed by atoms with Crippen LogP contribution in [-0.2, 0) is 13.1 Å². The number of aliphatic hydroxyl groups excluding tert-OH is 1. The summed E-state index contributed by atoms with van der Waals surface area (Å²) < 4.78 is 58.2. The zero-order valence-electron chi connectivity index (χ0n) is 16.7. The molecule has 1 atom stereocenters. The lowest BCUT2D eigenvalue weighted by Crippen LogP contribution is -2.20. The van der Waals surface area contributed by atoms with Crippen LogP contribution < -0.4 is 15.8 Å². The van der Waals surface area contributed by atoms with E-state index in [1.54, 1.807) is 0 Å². The third-order valence-corrected chi connectivity index (χ3v) is 4.81. The fraction of sp³-hybridized carbons (Fsp3) is 0.250. The number of ether oxygens (including phenoxy) is 1. The van der Waals surface area contributed by atoms with Crippen molar-refractivity contribution in [1.82, 2.24) is 24.9 Å². The molecule has 0 saturated carbocycles. The summed E-state index contributed by atoms with van der Waals surface area (Å²) in [5, 5.41) is 17.0. The van der Waals surface area contributed by atoms with Gasteiger partial charge >= 0.3 is 6.18 Å². The molecular formula is C20H18F4N6O2. The van der Waals surface area contributed by atoms with Crippen LogP contribution in [0.3, 0.4) is 0 Å². The second kappa shape index (κ2) is 8.20. The molecule has 0 bridgehead atoms. The van der Waals surface area contributed by atoms with E-state index < -0.39 is 18.1 Å². The SMILES string of the molecule is COc1cc(F)cc2c1nc(N)n1nc(CNCc3ccc([C@@H](O)C(F)(F)F)cc3)nc21. The second-order valence-electron chi connectivity index (χ2n) is 7.03. The first-order valence-corrected chi connectivity index (χ1v) is 9.40. The van der Waals surface area contributed by atoms with Crippen molar-refractivity contribution in [2.75, 3.05) is 12.8 Å². The second-order valence-corrected chi connectivity index (χ2v) is 7.03. The summed E-state index contributed by atoms with van der Waals surface area (Å²) in [6.07, 6.45) is -7.24. The Balaban J connectivity index is 1.51. The number of nitrogens with two attached hydrogens (primary N) is 1. The molecular weight excluding hydrogens is 432 g/mol. The number of halogens is 4. The number of rotatable bonds is 6. The van der Waals surface area contributed by atoms with Gasteiger partial charge in [-0.25, -0.2) is 14.4 Å². The molecule has 0 radical (unpaired) electrons. The number of nitrogen functional groups attached to an aromatic ring is 1. The monoisotopic (exact) mass is 450 g/mol. The highest BCUT2D eigenvalue weighted by molar-refractivity contribution is 5.95. The average Bonchev–Trinajstić information content (AvgIpc) is 3.18. The number of aliphatic hydroxyl groups is 1. The third-order valence-electron chi connectivity index (χ3n) is 4.81. The molecule has 0 unspecified atom stereocenters. The van der Waals surface area contributed by atoms with Crippen molar-refractivity contribution < 1.29 is 27.4 Å². The molecule has 12 heteroatoms. The minimum Gasteiger partial charge on any atom is -0.494 e. The van der Waals surface area contributed by atoms with Crippen LogP contribution in [0.15, 0.2) is 36.4 Å². The molecule has 4 rings (SSSR count). The van der Waals surface area contributed by atoms with E-state index in [4.69, 9.17) is 10.5 Å². The lowest BCUT2D eigenvalue weighted by Gasteiger charge is -2.15. The van der Waals surface area contributed by atoms with Gasteiger partial charge in [0, 0.05) is 12.6 Å². The molecule has 2 heterocycles. The van der Waals surface area contributed by atoms with Gasteiger partial charge in [-0.3, -0.25) is 0 Å². The van der Waals surface area contributed by atoms with Crippen LogP contribution in [0.5, 0.6) is 5.75 Å². The fourth-order valence-electron chi connectivity index (χ4n) is 3.27. The van der Waals surface area contributed by atoms with Gasteiger partial charge in [0.25, 0.3) is 0 Å². The summed E-state index contributed by atoms with van der Waals surface area (Å²) in [7, 11) is 1.39. The molecule has 32 heavy (non-hydrogen) atoms. The van der Waals surface area contributed by atoms with Gasteiger partial charge in [-0.1, -0.05) is 24.3 Å². The number of benzene rings is 2. The van der Waals surface area contributed by atoms with Gasteiger partial charge in [-0.2, -0.15) is 17.7 Å². The smallest absolute Gasteiger partial charge is 0.418 e. The predicted octanol–water partition coefficient (Wildman–Crippen LogP) is 2.89. The normalized spacial score (nSPS) is 13.1. The molecule has 0 fully saturated rings. The van der Waals surface area contributed by atoms with E-state index in [9.17, 15) is 22.7 Å². The number of aromatic nitrogens is 4. The number of nitrogens with zero attached hydrogens (tertiary/aromatic N) is 4. The Bertz CT molecular complexity index is 1270. The Kier molecular flexibility index (Phi) is 5.57. The molecule has 0 aliphatic rings. The quantitative estimate of drug-likeness (QED) is 0.388. The highest BCUT2D eigenvalue weighted by atomic mass is 19.4. The summed E-state index contributed by atoms with van der Waals surface area (Å²) in [4.78, 5) is 8.63. The van der Waals surface area contributed by atoms with Gasteiger partial charge in [0.2, 0.25) is 5.95 Å². The van der Waals surface area contributed by atoms with E-state index in [1.807, 2.05) is 0 Å². The lowest BCUT2D eigenvalue weighted by molar-refractivity contribution is -0.206. The molecule has 2 aromatic carbocycles. The number of hydrogen-bond donors (Lipinski definition) is 3. The standard InChI is InChI=1S/C20H18F4N6O2/c1-32-14-7-12(21)6-13-16(14)28-19(25)30-18(13)27-15(29-30)9-26-8-10-2-4-11(5-3-10)17(31)20(22,23)24/h2-7,17,26,31H,8-9H2,1H3,(H2,25,28)/t17-/m1/s1. The molecule has 0 amide bonds. The average molecular weight is 450 g/mol. The van der Waals surface area contributed by atoms with E-state index in [0.29, 0.717) is 34.5 Å². The molecule has 4 N–H and O–H groups in total. The number of anilines is 1. The molecule has 168 valence electrons.